The first-order chi connectivity index (χ1) is 14.8. The normalized spacial score (nSPS) is 11.9. The number of esters is 1. The summed E-state index contributed by atoms with van der Waals surface area (Å²) in [6, 6.07) is 12.7. The van der Waals surface area contributed by atoms with Crippen molar-refractivity contribution < 1.29 is 23.5 Å². The lowest BCUT2D eigenvalue weighted by molar-refractivity contribution is -0.148. The Morgan fingerprint density at radius 1 is 1.10 bits per heavy atom. The fraction of sp³-hybridized carbons (Fsp3) is 0.292. The third-order valence-corrected chi connectivity index (χ3v) is 5.00. The SMILES string of the molecule is COc1ccc2c(COC(=O)[C@@H](NC(=O)c3ccccc3C)C(C)C)cc(=O)oc2c1. The molecule has 0 saturated carbocycles. The molecule has 0 saturated heterocycles. The summed E-state index contributed by atoms with van der Waals surface area (Å²) in [4.78, 5) is 37.3. The second kappa shape index (κ2) is 9.47. The Labute approximate surface area is 180 Å². The Morgan fingerprint density at radius 3 is 2.52 bits per heavy atom. The fourth-order valence-corrected chi connectivity index (χ4v) is 3.24. The predicted molar refractivity (Wildman–Crippen MR) is 116 cm³/mol. The maximum atomic E-state index is 12.8. The highest BCUT2D eigenvalue weighted by Crippen LogP contribution is 2.23. The van der Waals surface area contributed by atoms with Gasteiger partial charge in [-0.3, -0.25) is 4.79 Å². The smallest absolute Gasteiger partial charge is 0.336 e. The molecule has 1 aromatic heterocycles. The summed E-state index contributed by atoms with van der Waals surface area (Å²) in [5.74, 6) is -0.565. The van der Waals surface area contributed by atoms with Gasteiger partial charge in [0.2, 0.25) is 0 Å². The van der Waals surface area contributed by atoms with Gasteiger partial charge in [-0.25, -0.2) is 9.59 Å². The molecule has 0 aliphatic rings. The van der Waals surface area contributed by atoms with Crippen LogP contribution in [0.25, 0.3) is 11.0 Å². The van der Waals surface area contributed by atoms with Crippen molar-refractivity contribution in [3.05, 3.63) is 75.6 Å². The van der Waals surface area contributed by atoms with Crippen molar-refractivity contribution in [2.24, 2.45) is 5.92 Å². The quantitative estimate of drug-likeness (QED) is 0.461. The Hall–Kier alpha value is -3.61. The average molecular weight is 423 g/mol. The minimum atomic E-state index is -0.835. The molecule has 1 heterocycles. The van der Waals surface area contributed by atoms with Gasteiger partial charge in [0.05, 0.1) is 7.11 Å². The number of nitrogens with one attached hydrogen (secondary N) is 1. The van der Waals surface area contributed by atoms with Crippen molar-refractivity contribution in [1.82, 2.24) is 5.32 Å². The minimum absolute atomic E-state index is 0.128. The molecule has 0 radical (unpaired) electrons. The monoisotopic (exact) mass is 423 g/mol. The molecule has 0 unspecified atom stereocenters. The number of hydrogen-bond donors (Lipinski definition) is 1. The van der Waals surface area contributed by atoms with Crippen LogP contribution in [0.1, 0.15) is 35.3 Å². The largest absolute Gasteiger partial charge is 0.497 e. The van der Waals surface area contributed by atoms with E-state index in [1.807, 2.05) is 32.9 Å². The summed E-state index contributed by atoms with van der Waals surface area (Å²) < 4.78 is 15.8. The Bertz CT molecular complexity index is 1160. The Balaban J connectivity index is 1.77. The lowest BCUT2D eigenvalue weighted by Gasteiger charge is -2.21. The number of methoxy groups -OCH3 is 1. The number of carbonyl (C=O) groups excluding carboxylic acids is 2. The molecule has 7 heteroatoms. The molecule has 7 nitrogen and oxygen atoms in total. The zero-order valence-electron chi connectivity index (χ0n) is 17.9. The minimum Gasteiger partial charge on any atom is -0.497 e. The summed E-state index contributed by atoms with van der Waals surface area (Å²) >= 11 is 0. The van der Waals surface area contributed by atoms with Crippen LogP contribution in [-0.4, -0.2) is 25.0 Å². The van der Waals surface area contributed by atoms with E-state index in [1.54, 1.807) is 30.3 Å². The van der Waals surface area contributed by atoms with Gasteiger partial charge in [0.15, 0.2) is 0 Å². The van der Waals surface area contributed by atoms with Crippen LogP contribution in [0.5, 0.6) is 5.75 Å². The summed E-state index contributed by atoms with van der Waals surface area (Å²) in [5, 5.41) is 3.40. The molecule has 162 valence electrons. The molecule has 0 bridgehead atoms. The number of ether oxygens (including phenoxy) is 2. The van der Waals surface area contributed by atoms with Gasteiger partial charge in [-0.2, -0.15) is 0 Å². The molecule has 2 aromatic carbocycles. The lowest BCUT2D eigenvalue weighted by atomic mass is 10.0. The maximum absolute atomic E-state index is 12.8. The van der Waals surface area contributed by atoms with E-state index in [0.29, 0.717) is 27.8 Å². The first-order valence-corrected chi connectivity index (χ1v) is 9.94. The van der Waals surface area contributed by atoms with Gasteiger partial charge in [0, 0.05) is 28.6 Å². The first-order valence-electron chi connectivity index (χ1n) is 9.94. The summed E-state index contributed by atoms with van der Waals surface area (Å²) in [7, 11) is 1.52. The van der Waals surface area contributed by atoms with Crippen LogP contribution in [0.2, 0.25) is 0 Å². The molecule has 1 atom stereocenters. The molecular formula is C24H25NO6. The molecule has 31 heavy (non-hydrogen) atoms. The number of amides is 1. The fourth-order valence-electron chi connectivity index (χ4n) is 3.24. The van der Waals surface area contributed by atoms with Crippen LogP contribution in [0.4, 0.5) is 0 Å². The predicted octanol–water partition coefficient (Wildman–Crippen LogP) is 3.61. The zero-order chi connectivity index (χ0) is 22.5. The van der Waals surface area contributed by atoms with Crippen LogP contribution >= 0.6 is 0 Å². The number of hydrogen-bond acceptors (Lipinski definition) is 6. The maximum Gasteiger partial charge on any atom is 0.336 e. The summed E-state index contributed by atoms with van der Waals surface area (Å²) in [6.07, 6.45) is 0. The van der Waals surface area contributed by atoms with Crippen molar-refractivity contribution in [3.8, 4) is 5.75 Å². The highest BCUT2D eigenvalue weighted by atomic mass is 16.5. The van der Waals surface area contributed by atoms with Crippen LogP contribution in [0.15, 0.2) is 57.7 Å². The van der Waals surface area contributed by atoms with Crippen molar-refractivity contribution in [2.75, 3.05) is 7.11 Å². The molecule has 0 aliphatic carbocycles. The van der Waals surface area contributed by atoms with E-state index < -0.39 is 17.6 Å². The zero-order valence-corrected chi connectivity index (χ0v) is 17.9. The molecular weight excluding hydrogens is 398 g/mol. The highest BCUT2D eigenvalue weighted by molar-refractivity contribution is 5.98. The van der Waals surface area contributed by atoms with Crippen LogP contribution in [-0.2, 0) is 16.1 Å². The lowest BCUT2D eigenvalue weighted by Crippen LogP contribution is -2.45. The number of fused-ring (bicyclic) bond motifs is 1. The topological polar surface area (TPSA) is 94.8 Å². The highest BCUT2D eigenvalue weighted by Gasteiger charge is 2.27. The van der Waals surface area contributed by atoms with E-state index in [1.165, 1.54) is 13.2 Å². The number of benzene rings is 2. The van der Waals surface area contributed by atoms with Gasteiger partial charge in [0.1, 0.15) is 24.0 Å². The van der Waals surface area contributed by atoms with Gasteiger partial charge in [0.25, 0.3) is 5.91 Å². The molecule has 1 N–H and O–H groups in total. The van der Waals surface area contributed by atoms with Crippen molar-refractivity contribution in [3.63, 3.8) is 0 Å². The van der Waals surface area contributed by atoms with Crippen molar-refractivity contribution in [1.29, 1.82) is 0 Å². The average Bonchev–Trinajstić information content (AvgIpc) is 2.74. The molecule has 3 rings (SSSR count). The first kappa shape index (κ1) is 22.1. The van der Waals surface area contributed by atoms with E-state index in [4.69, 9.17) is 13.9 Å². The van der Waals surface area contributed by atoms with E-state index >= 15 is 0 Å². The van der Waals surface area contributed by atoms with Gasteiger partial charge in [-0.05, 0) is 36.6 Å². The van der Waals surface area contributed by atoms with Gasteiger partial charge < -0.3 is 19.2 Å². The van der Waals surface area contributed by atoms with Crippen LogP contribution < -0.4 is 15.7 Å². The molecule has 3 aromatic rings. The summed E-state index contributed by atoms with van der Waals surface area (Å²) in [6.45, 7) is 5.35. The number of rotatable bonds is 7. The van der Waals surface area contributed by atoms with E-state index in [9.17, 15) is 14.4 Å². The van der Waals surface area contributed by atoms with Crippen molar-refractivity contribution in [2.45, 2.75) is 33.4 Å². The summed E-state index contributed by atoms with van der Waals surface area (Å²) in [5.41, 5.74) is 1.61. The molecule has 0 spiro atoms. The van der Waals surface area contributed by atoms with E-state index in [2.05, 4.69) is 5.32 Å². The van der Waals surface area contributed by atoms with Gasteiger partial charge in [-0.1, -0.05) is 32.0 Å². The van der Waals surface area contributed by atoms with Crippen molar-refractivity contribution >= 4 is 22.8 Å². The van der Waals surface area contributed by atoms with Gasteiger partial charge in [-0.15, -0.1) is 0 Å². The Morgan fingerprint density at radius 2 is 1.84 bits per heavy atom. The second-order valence-electron chi connectivity index (χ2n) is 7.57. The molecule has 0 fully saturated rings. The van der Waals surface area contributed by atoms with E-state index in [0.717, 1.165) is 5.56 Å². The molecule has 0 aliphatic heterocycles. The van der Waals surface area contributed by atoms with Crippen LogP contribution in [0.3, 0.4) is 0 Å². The third kappa shape index (κ3) is 5.12. The standard InChI is InChI=1S/C24H25NO6/c1-14(2)22(25-23(27)18-8-6-5-7-15(18)3)24(28)30-13-16-11-21(26)31-20-12-17(29-4)9-10-19(16)20/h5-12,14,22H,13H2,1-4H3,(H,25,27)/t22-/m0/s1. The second-order valence-corrected chi connectivity index (χ2v) is 7.57. The third-order valence-electron chi connectivity index (χ3n) is 5.00. The Kier molecular flexibility index (Phi) is 6.74. The number of aryl methyl sites for hydroxylation is 1. The number of carbonyl (C=O) groups is 2. The van der Waals surface area contributed by atoms with E-state index in [-0.39, 0.29) is 18.4 Å². The van der Waals surface area contributed by atoms with Gasteiger partial charge >= 0.3 is 11.6 Å². The molecule has 1 amide bonds. The van der Waals surface area contributed by atoms with Crippen LogP contribution in [0, 0.1) is 12.8 Å².